The maximum Gasteiger partial charge on any atom is 0.401 e. The molecule has 0 aromatic heterocycles. The van der Waals surface area contributed by atoms with Crippen LogP contribution in [0.1, 0.15) is 27.7 Å². The highest BCUT2D eigenvalue weighted by molar-refractivity contribution is 4.80. The number of nitrogens with one attached hydrogen (secondary N) is 1. The van der Waals surface area contributed by atoms with Crippen LogP contribution < -0.4 is 5.32 Å². The second-order valence-corrected chi connectivity index (χ2v) is 4.75. The van der Waals surface area contributed by atoms with Crippen LogP contribution in [0, 0.1) is 5.92 Å². The summed E-state index contributed by atoms with van der Waals surface area (Å²) in [6.07, 6.45) is -4.13. The van der Waals surface area contributed by atoms with E-state index >= 15 is 0 Å². The molecule has 2 nitrogen and oxygen atoms in total. The lowest BCUT2D eigenvalue weighted by atomic mass is 10.0. The fraction of sp³-hybridized carbons (Fsp3) is 1.00. The van der Waals surface area contributed by atoms with Gasteiger partial charge in [0.2, 0.25) is 0 Å². The van der Waals surface area contributed by atoms with Gasteiger partial charge < -0.3 is 5.32 Å². The number of alkyl halides is 3. The lowest BCUT2D eigenvalue weighted by molar-refractivity contribution is -0.157. The maximum absolute atomic E-state index is 12.5. The Hall–Kier alpha value is -0.290. The summed E-state index contributed by atoms with van der Waals surface area (Å²) in [4.78, 5) is 1.52. The van der Waals surface area contributed by atoms with Gasteiger partial charge in [0.25, 0.3) is 0 Å². The number of rotatable bonds is 6. The smallest absolute Gasteiger partial charge is 0.318 e. The zero-order valence-corrected chi connectivity index (χ0v) is 10.7. The van der Waals surface area contributed by atoms with E-state index in [-0.39, 0.29) is 18.0 Å². The lowest BCUT2D eigenvalue weighted by Crippen LogP contribution is -2.51. The topological polar surface area (TPSA) is 15.3 Å². The highest BCUT2D eigenvalue weighted by Crippen LogP contribution is 2.22. The van der Waals surface area contributed by atoms with Gasteiger partial charge in [0.15, 0.2) is 0 Å². The van der Waals surface area contributed by atoms with Crippen molar-refractivity contribution in [1.82, 2.24) is 10.2 Å². The van der Waals surface area contributed by atoms with Gasteiger partial charge in [-0.3, -0.25) is 4.90 Å². The minimum Gasteiger partial charge on any atom is -0.318 e. The molecule has 1 unspecified atom stereocenters. The summed E-state index contributed by atoms with van der Waals surface area (Å²) >= 11 is 0. The molecule has 0 heterocycles. The maximum atomic E-state index is 12.5. The van der Waals surface area contributed by atoms with E-state index in [1.54, 1.807) is 20.9 Å². The molecule has 0 saturated carbocycles. The molecule has 0 aliphatic heterocycles. The molecule has 0 bridgehead atoms. The summed E-state index contributed by atoms with van der Waals surface area (Å²) in [5.41, 5.74) is 0. The van der Waals surface area contributed by atoms with Gasteiger partial charge in [0.05, 0.1) is 6.54 Å². The quantitative estimate of drug-likeness (QED) is 0.767. The van der Waals surface area contributed by atoms with Crippen LogP contribution in [-0.4, -0.2) is 43.3 Å². The molecule has 0 aliphatic carbocycles. The van der Waals surface area contributed by atoms with E-state index in [1.165, 1.54) is 4.90 Å². The van der Waals surface area contributed by atoms with Gasteiger partial charge in [0.1, 0.15) is 0 Å². The molecular weight excluding hydrogens is 217 g/mol. The Morgan fingerprint density at radius 3 is 1.88 bits per heavy atom. The Kier molecular flexibility index (Phi) is 6.33. The van der Waals surface area contributed by atoms with Gasteiger partial charge in [-0.2, -0.15) is 13.2 Å². The van der Waals surface area contributed by atoms with Crippen molar-refractivity contribution in [2.45, 2.75) is 46.0 Å². The number of nitrogens with zero attached hydrogens (tertiary/aromatic N) is 1. The van der Waals surface area contributed by atoms with Crippen LogP contribution in [0.4, 0.5) is 13.2 Å². The van der Waals surface area contributed by atoms with E-state index in [4.69, 9.17) is 0 Å². The standard InChI is InChI=1S/C11H23F3N2/c1-8(2)10(6-15-5)16(9(3)4)7-11(12,13)14/h8-10,15H,6-7H2,1-5H3. The number of hydrogen-bond acceptors (Lipinski definition) is 2. The van der Waals surface area contributed by atoms with Crippen molar-refractivity contribution in [3.05, 3.63) is 0 Å². The minimum atomic E-state index is -4.13. The number of likely N-dealkylation sites (N-methyl/N-ethyl adjacent to an activating group) is 1. The highest BCUT2D eigenvalue weighted by Gasteiger charge is 2.35. The first-order valence-electron chi connectivity index (χ1n) is 5.66. The van der Waals surface area contributed by atoms with Crippen LogP contribution in [0.15, 0.2) is 0 Å². The van der Waals surface area contributed by atoms with E-state index in [0.717, 1.165) is 0 Å². The number of halogens is 3. The van der Waals surface area contributed by atoms with Crippen molar-refractivity contribution in [1.29, 1.82) is 0 Å². The first-order chi connectivity index (χ1) is 7.19. The monoisotopic (exact) mass is 240 g/mol. The first-order valence-corrected chi connectivity index (χ1v) is 5.66. The molecule has 0 fully saturated rings. The Bertz CT molecular complexity index is 190. The molecule has 98 valence electrons. The molecule has 5 heteroatoms. The van der Waals surface area contributed by atoms with Crippen molar-refractivity contribution in [2.75, 3.05) is 20.1 Å². The highest BCUT2D eigenvalue weighted by atomic mass is 19.4. The van der Waals surface area contributed by atoms with Crippen molar-refractivity contribution >= 4 is 0 Å². The summed E-state index contributed by atoms with van der Waals surface area (Å²) < 4.78 is 37.4. The average molecular weight is 240 g/mol. The molecule has 1 atom stereocenters. The SMILES string of the molecule is CNCC(C(C)C)N(CC(F)(F)F)C(C)C. The van der Waals surface area contributed by atoms with E-state index < -0.39 is 12.7 Å². The molecule has 0 aliphatic rings. The summed E-state index contributed by atoms with van der Waals surface area (Å²) in [6.45, 7) is 7.25. The van der Waals surface area contributed by atoms with Gasteiger partial charge in [-0.05, 0) is 26.8 Å². The summed E-state index contributed by atoms with van der Waals surface area (Å²) in [5, 5.41) is 2.96. The van der Waals surface area contributed by atoms with Gasteiger partial charge in [0, 0.05) is 18.6 Å². The van der Waals surface area contributed by atoms with Crippen molar-refractivity contribution in [2.24, 2.45) is 5.92 Å². The minimum absolute atomic E-state index is 0.0911. The van der Waals surface area contributed by atoms with Crippen molar-refractivity contribution in [3.8, 4) is 0 Å². The fourth-order valence-corrected chi connectivity index (χ4v) is 1.83. The Morgan fingerprint density at radius 2 is 1.62 bits per heavy atom. The summed E-state index contributed by atoms with van der Waals surface area (Å²) in [6, 6.07) is -0.200. The van der Waals surface area contributed by atoms with Crippen LogP contribution in [0.2, 0.25) is 0 Å². The van der Waals surface area contributed by atoms with Crippen LogP contribution >= 0.6 is 0 Å². The third kappa shape index (κ3) is 5.70. The molecule has 0 amide bonds. The van der Waals surface area contributed by atoms with Crippen LogP contribution in [0.3, 0.4) is 0 Å². The molecule has 1 N–H and O–H groups in total. The van der Waals surface area contributed by atoms with Crippen molar-refractivity contribution < 1.29 is 13.2 Å². The molecule has 0 radical (unpaired) electrons. The fourth-order valence-electron chi connectivity index (χ4n) is 1.83. The number of hydrogen-bond donors (Lipinski definition) is 1. The van der Waals surface area contributed by atoms with E-state index in [2.05, 4.69) is 5.32 Å². The molecule has 0 aromatic rings. The Morgan fingerprint density at radius 1 is 1.12 bits per heavy atom. The van der Waals surface area contributed by atoms with Gasteiger partial charge in [-0.15, -0.1) is 0 Å². The van der Waals surface area contributed by atoms with E-state index in [9.17, 15) is 13.2 Å². The van der Waals surface area contributed by atoms with Gasteiger partial charge in [-0.25, -0.2) is 0 Å². The second kappa shape index (κ2) is 6.45. The van der Waals surface area contributed by atoms with Crippen LogP contribution in [-0.2, 0) is 0 Å². The predicted octanol–water partition coefficient (Wildman–Crippen LogP) is 2.50. The van der Waals surface area contributed by atoms with Crippen molar-refractivity contribution in [3.63, 3.8) is 0 Å². The Labute approximate surface area is 96.2 Å². The normalized spacial score (nSPS) is 15.2. The second-order valence-electron chi connectivity index (χ2n) is 4.75. The summed E-state index contributed by atoms with van der Waals surface area (Å²) in [5.74, 6) is 0.192. The molecule has 0 rings (SSSR count). The van der Waals surface area contributed by atoms with Crippen LogP contribution in [0.25, 0.3) is 0 Å². The molecule has 0 spiro atoms. The average Bonchev–Trinajstić information content (AvgIpc) is 2.08. The first kappa shape index (κ1) is 15.7. The molecule has 16 heavy (non-hydrogen) atoms. The van der Waals surface area contributed by atoms with Gasteiger partial charge in [-0.1, -0.05) is 13.8 Å². The molecular formula is C11H23F3N2. The largest absolute Gasteiger partial charge is 0.401 e. The third-order valence-corrected chi connectivity index (χ3v) is 2.63. The van der Waals surface area contributed by atoms with E-state index in [1.807, 2.05) is 13.8 Å². The van der Waals surface area contributed by atoms with E-state index in [0.29, 0.717) is 6.54 Å². The predicted molar refractivity (Wildman–Crippen MR) is 60.4 cm³/mol. The van der Waals surface area contributed by atoms with Gasteiger partial charge >= 0.3 is 6.18 Å². The zero-order chi connectivity index (χ0) is 12.9. The molecule has 0 aromatic carbocycles. The zero-order valence-electron chi connectivity index (χ0n) is 10.7. The van der Waals surface area contributed by atoms with Crippen LogP contribution in [0.5, 0.6) is 0 Å². The summed E-state index contributed by atoms with van der Waals surface area (Å²) in [7, 11) is 1.77. The Balaban J connectivity index is 4.71. The third-order valence-electron chi connectivity index (χ3n) is 2.63. The molecule has 0 saturated heterocycles. The lowest BCUT2D eigenvalue weighted by Gasteiger charge is -2.37.